The summed E-state index contributed by atoms with van der Waals surface area (Å²) in [6, 6.07) is 6.60. The van der Waals surface area contributed by atoms with Crippen LogP contribution < -0.4 is 4.74 Å². The molecule has 2 aromatic rings. The fraction of sp³-hybridized carbons (Fsp3) is 0.273. The predicted molar refractivity (Wildman–Crippen MR) is 74.3 cm³/mol. The van der Waals surface area contributed by atoms with Crippen LogP contribution in [0.4, 0.5) is 8.78 Å². The molecule has 0 fully saturated rings. The van der Waals surface area contributed by atoms with Crippen molar-refractivity contribution in [2.24, 2.45) is 0 Å². The van der Waals surface area contributed by atoms with E-state index in [1.807, 2.05) is 6.26 Å². The number of thioether (sulfide) groups is 2. The first-order chi connectivity index (χ1) is 9.17. The van der Waals surface area contributed by atoms with Crippen molar-refractivity contribution in [2.45, 2.75) is 21.0 Å². The summed E-state index contributed by atoms with van der Waals surface area (Å²) >= 11 is 4.68. The summed E-state index contributed by atoms with van der Waals surface area (Å²) < 4.78 is 30.1. The number of halogens is 2. The van der Waals surface area contributed by atoms with E-state index in [-0.39, 0.29) is 5.75 Å². The first-order valence-electron chi connectivity index (χ1n) is 5.21. The van der Waals surface area contributed by atoms with Gasteiger partial charge < -0.3 is 4.74 Å². The van der Waals surface area contributed by atoms with Crippen LogP contribution in [0.5, 0.6) is 5.75 Å². The smallest absolute Gasteiger partial charge is 0.387 e. The van der Waals surface area contributed by atoms with Crippen molar-refractivity contribution in [3.8, 4) is 5.75 Å². The van der Waals surface area contributed by atoms with Gasteiger partial charge in [-0.05, 0) is 24.0 Å². The standard InChI is InChI=1S/C11H10F2N2OS3/c1-17-10-14-15-11(19-10)18-6-7-2-4-8(5-3-7)16-9(12)13/h2-5,9H,6H2,1H3. The van der Waals surface area contributed by atoms with Gasteiger partial charge in [0.1, 0.15) is 5.75 Å². The second-order valence-electron chi connectivity index (χ2n) is 3.35. The van der Waals surface area contributed by atoms with Gasteiger partial charge in [-0.15, -0.1) is 10.2 Å². The third-order valence-electron chi connectivity index (χ3n) is 2.07. The third kappa shape index (κ3) is 4.63. The molecule has 3 nitrogen and oxygen atoms in total. The van der Waals surface area contributed by atoms with Gasteiger partial charge in [0.05, 0.1) is 0 Å². The molecule has 0 aliphatic rings. The maximum Gasteiger partial charge on any atom is 0.387 e. The topological polar surface area (TPSA) is 35.0 Å². The molecule has 2 rings (SSSR count). The zero-order valence-electron chi connectivity index (χ0n) is 9.88. The molecule has 0 amide bonds. The van der Waals surface area contributed by atoms with Crippen molar-refractivity contribution in [2.75, 3.05) is 6.26 Å². The molecule has 0 aliphatic carbocycles. The van der Waals surface area contributed by atoms with Crippen molar-refractivity contribution in [3.05, 3.63) is 29.8 Å². The van der Waals surface area contributed by atoms with Crippen molar-refractivity contribution in [3.63, 3.8) is 0 Å². The zero-order valence-corrected chi connectivity index (χ0v) is 12.3. The summed E-state index contributed by atoms with van der Waals surface area (Å²) in [6.07, 6.45) is 1.96. The molecule has 0 N–H and O–H groups in total. The molecular formula is C11H10F2N2OS3. The molecule has 0 unspecified atom stereocenters. The minimum Gasteiger partial charge on any atom is -0.435 e. The molecule has 0 aliphatic heterocycles. The molecule has 0 saturated heterocycles. The number of hydrogen-bond acceptors (Lipinski definition) is 6. The molecule has 0 radical (unpaired) electrons. The molecule has 0 saturated carbocycles. The lowest BCUT2D eigenvalue weighted by Crippen LogP contribution is -2.01. The quantitative estimate of drug-likeness (QED) is 0.747. The molecule has 1 aromatic carbocycles. The Morgan fingerprint density at radius 1 is 1.21 bits per heavy atom. The Morgan fingerprint density at radius 3 is 2.47 bits per heavy atom. The highest BCUT2D eigenvalue weighted by Crippen LogP contribution is 2.29. The maximum absolute atomic E-state index is 12.0. The number of hydrogen-bond donors (Lipinski definition) is 0. The summed E-state index contributed by atoms with van der Waals surface area (Å²) in [5.74, 6) is 0.891. The van der Waals surface area contributed by atoms with E-state index in [9.17, 15) is 8.78 Å². The van der Waals surface area contributed by atoms with E-state index >= 15 is 0 Å². The average Bonchev–Trinajstić information content (AvgIpc) is 2.85. The third-order valence-corrected chi connectivity index (χ3v) is 5.18. The number of benzene rings is 1. The van der Waals surface area contributed by atoms with Crippen LogP contribution >= 0.6 is 34.9 Å². The normalized spacial score (nSPS) is 10.9. The van der Waals surface area contributed by atoms with Crippen LogP contribution in [0.2, 0.25) is 0 Å². The minimum absolute atomic E-state index is 0.171. The van der Waals surface area contributed by atoms with E-state index < -0.39 is 6.61 Å². The Labute approximate surface area is 121 Å². The summed E-state index contributed by atoms with van der Waals surface area (Å²) in [6.45, 7) is -2.79. The fourth-order valence-corrected chi connectivity index (χ4v) is 3.64. The Kier molecular flexibility index (Phi) is 5.41. The van der Waals surface area contributed by atoms with Gasteiger partial charge >= 0.3 is 6.61 Å². The first-order valence-corrected chi connectivity index (χ1v) is 8.24. The molecule has 1 aromatic heterocycles. The van der Waals surface area contributed by atoms with Gasteiger partial charge in [0.15, 0.2) is 8.68 Å². The summed E-state index contributed by atoms with van der Waals surface area (Å²) in [5.41, 5.74) is 1.02. The number of nitrogens with zero attached hydrogens (tertiary/aromatic N) is 2. The summed E-state index contributed by atoms with van der Waals surface area (Å²) in [4.78, 5) is 0. The van der Waals surface area contributed by atoms with Gasteiger partial charge in [0.25, 0.3) is 0 Å². The Hall–Kier alpha value is -0.860. The van der Waals surface area contributed by atoms with Gasteiger partial charge in [-0.2, -0.15) is 8.78 Å². The molecule has 0 bridgehead atoms. The van der Waals surface area contributed by atoms with Gasteiger partial charge in [-0.1, -0.05) is 47.0 Å². The maximum atomic E-state index is 12.0. The van der Waals surface area contributed by atoms with Gasteiger partial charge in [0, 0.05) is 5.75 Å². The van der Waals surface area contributed by atoms with Crippen molar-refractivity contribution in [1.29, 1.82) is 0 Å². The highest BCUT2D eigenvalue weighted by atomic mass is 32.2. The summed E-state index contributed by atoms with van der Waals surface area (Å²) in [7, 11) is 0. The molecular weight excluding hydrogens is 310 g/mol. The fourth-order valence-electron chi connectivity index (χ4n) is 1.25. The first kappa shape index (κ1) is 14.5. The van der Waals surface area contributed by atoms with E-state index in [1.165, 1.54) is 12.1 Å². The van der Waals surface area contributed by atoms with Crippen molar-refractivity contribution >= 4 is 34.9 Å². The minimum atomic E-state index is -2.79. The Morgan fingerprint density at radius 2 is 1.89 bits per heavy atom. The monoisotopic (exact) mass is 320 g/mol. The molecule has 0 atom stereocenters. The second-order valence-corrected chi connectivity index (χ2v) is 6.60. The molecule has 1 heterocycles. The average molecular weight is 320 g/mol. The van der Waals surface area contributed by atoms with E-state index in [4.69, 9.17) is 0 Å². The molecule has 8 heteroatoms. The molecule has 102 valence electrons. The number of aromatic nitrogens is 2. The van der Waals surface area contributed by atoms with Gasteiger partial charge in [-0.25, -0.2) is 0 Å². The summed E-state index contributed by atoms with van der Waals surface area (Å²) in [5, 5.41) is 8.05. The van der Waals surface area contributed by atoms with E-state index in [1.54, 1.807) is 47.0 Å². The highest BCUT2D eigenvalue weighted by Gasteiger charge is 2.06. The van der Waals surface area contributed by atoms with Crippen LogP contribution in [-0.2, 0) is 5.75 Å². The predicted octanol–water partition coefficient (Wildman–Crippen LogP) is 4.15. The van der Waals surface area contributed by atoms with Crippen LogP contribution in [0.3, 0.4) is 0 Å². The lowest BCUT2D eigenvalue weighted by Gasteiger charge is -2.04. The highest BCUT2D eigenvalue weighted by molar-refractivity contribution is 8.02. The number of ether oxygens (including phenoxy) is 1. The van der Waals surface area contributed by atoms with Crippen LogP contribution in [0.25, 0.3) is 0 Å². The van der Waals surface area contributed by atoms with Gasteiger partial charge in [0.2, 0.25) is 0 Å². The van der Waals surface area contributed by atoms with E-state index in [2.05, 4.69) is 14.9 Å². The van der Waals surface area contributed by atoms with Gasteiger partial charge in [-0.3, -0.25) is 0 Å². The van der Waals surface area contributed by atoms with Crippen LogP contribution in [0.15, 0.2) is 32.9 Å². The molecule has 19 heavy (non-hydrogen) atoms. The lowest BCUT2D eigenvalue weighted by atomic mass is 10.2. The van der Waals surface area contributed by atoms with Crippen molar-refractivity contribution < 1.29 is 13.5 Å². The SMILES string of the molecule is CSc1nnc(SCc2ccc(OC(F)F)cc2)s1. The second kappa shape index (κ2) is 7.06. The molecule has 0 spiro atoms. The van der Waals surface area contributed by atoms with Crippen LogP contribution in [-0.4, -0.2) is 23.1 Å². The number of alkyl halides is 2. The van der Waals surface area contributed by atoms with Crippen LogP contribution in [0.1, 0.15) is 5.56 Å². The number of rotatable bonds is 6. The van der Waals surface area contributed by atoms with Crippen molar-refractivity contribution in [1.82, 2.24) is 10.2 Å². The lowest BCUT2D eigenvalue weighted by molar-refractivity contribution is -0.0498. The van der Waals surface area contributed by atoms with E-state index in [0.717, 1.165) is 20.0 Å². The zero-order chi connectivity index (χ0) is 13.7. The Balaban J connectivity index is 1.89. The largest absolute Gasteiger partial charge is 0.435 e. The van der Waals surface area contributed by atoms with E-state index in [0.29, 0.717) is 0 Å². The Bertz CT molecular complexity index is 519. The van der Waals surface area contributed by atoms with Crippen LogP contribution in [0, 0.1) is 0 Å².